The fourth-order valence-electron chi connectivity index (χ4n) is 6.76. The summed E-state index contributed by atoms with van der Waals surface area (Å²) in [6.07, 6.45) is -4.75. The molecular formula is C37H36Cl2F3N3O3S. The van der Waals surface area contributed by atoms with E-state index in [1.807, 2.05) is 41.3 Å². The Balaban J connectivity index is 1.17. The van der Waals surface area contributed by atoms with Gasteiger partial charge < -0.3 is 10.1 Å². The first-order valence-electron chi connectivity index (χ1n) is 16.0. The molecule has 2 aliphatic heterocycles. The van der Waals surface area contributed by atoms with Crippen molar-refractivity contribution in [2.24, 2.45) is 0 Å². The number of likely N-dealkylation sites (tertiary alicyclic amines) is 1. The second-order valence-electron chi connectivity index (χ2n) is 12.4. The van der Waals surface area contributed by atoms with Crippen LogP contribution in [0.1, 0.15) is 51.1 Å². The van der Waals surface area contributed by atoms with Crippen LogP contribution in [0, 0.1) is 0 Å². The second kappa shape index (κ2) is 14.9. The summed E-state index contributed by atoms with van der Waals surface area (Å²) in [5, 5.41) is 2.89. The van der Waals surface area contributed by atoms with Crippen molar-refractivity contribution in [3.63, 3.8) is 0 Å². The Kier molecular flexibility index (Phi) is 10.8. The third-order valence-corrected chi connectivity index (χ3v) is 11.0. The van der Waals surface area contributed by atoms with Gasteiger partial charge in [0.15, 0.2) is 0 Å². The average Bonchev–Trinajstić information content (AvgIpc) is 3.07. The van der Waals surface area contributed by atoms with Crippen molar-refractivity contribution in [3.05, 3.63) is 134 Å². The summed E-state index contributed by atoms with van der Waals surface area (Å²) >= 11 is 12.7. The molecule has 1 amide bonds. The quantitative estimate of drug-likeness (QED) is 0.181. The third-order valence-electron chi connectivity index (χ3n) is 9.02. The van der Waals surface area contributed by atoms with Crippen molar-refractivity contribution in [1.82, 2.24) is 15.1 Å². The highest BCUT2D eigenvalue weighted by Crippen LogP contribution is 2.41. The summed E-state index contributed by atoms with van der Waals surface area (Å²) in [5.74, 6) is -0.377. The number of amides is 1. The van der Waals surface area contributed by atoms with E-state index < -0.39 is 34.0 Å². The van der Waals surface area contributed by atoms with Crippen molar-refractivity contribution < 1.29 is 26.9 Å². The number of carbonyl (C=O) groups is 1. The molecule has 6 nitrogen and oxygen atoms in total. The number of alkyl halides is 3. The minimum Gasteiger partial charge on any atom is -0.370 e. The maximum atomic E-state index is 14.5. The number of benzene rings is 4. The second-order valence-corrected chi connectivity index (χ2v) is 15.0. The van der Waals surface area contributed by atoms with E-state index in [4.69, 9.17) is 27.9 Å². The van der Waals surface area contributed by atoms with Crippen LogP contribution in [0.25, 0.3) is 0 Å². The number of morpholine rings is 1. The van der Waals surface area contributed by atoms with Crippen LogP contribution >= 0.6 is 23.2 Å². The van der Waals surface area contributed by atoms with E-state index in [0.717, 1.165) is 17.2 Å². The Morgan fingerprint density at radius 2 is 1.61 bits per heavy atom. The smallest absolute Gasteiger partial charge is 0.370 e. The van der Waals surface area contributed by atoms with E-state index in [-0.39, 0.29) is 35.3 Å². The van der Waals surface area contributed by atoms with Gasteiger partial charge in [-0.2, -0.15) is 13.2 Å². The zero-order valence-electron chi connectivity index (χ0n) is 26.8. The molecule has 1 spiro atoms. The lowest BCUT2D eigenvalue weighted by atomic mass is 9.86. The summed E-state index contributed by atoms with van der Waals surface area (Å²) in [6.45, 7) is 4.16. The number of hydrogen-bond donors (Lipinski definition) is 1. The van der Waals surface area contributed by atoms with Gasteiger partial charge in [0.25, 0.3) is 5.91 Å². The molecule has 49 heavy (non-hydrogen) atoms. The highest BCUT2D eigenvalue weighted by molar-refractivity contribution is 7.85. The minimum atomic E-state index is -4.75. The van der Waals surface area contributed by atoms with Crippen LogP contribution in [-0.2, 0) is 34.8 Å². The largest absolute Gasteiger partial charge is 0.416 e. The monoisotopic (exact) mass is 729 g/mol. The van der Waals surface area contributed by atoms with E-state index in [2.05, 4.69) is 34.5 Å². The number of carbonyl (C=O) groups excluding carboxylic acids is 1. The molecule has 0 saturated carbocycles. The molecule has 12 heteroatoms. The van der Waals surface area contributed by atoms with Gasteiger partial charge >= 0.3 is 6.18 Å². The maximum Gasteiger partial charge on any atom is 0.416 e. The van der Waals surface area contributed by atoms with Crippen molar-refractivity contribution in [1.29, 1.82) is 0 Å². The van der Waals surface area contributed by atoms with E-state index in [1.54, 1.807) is 25.1 Å². The van der Waals surface area contributed by atoms with Crippen LogP contribution in [0.4, 0.5) is 13.2 Å². The van der Waals surface area contributed by atoms with Gasteiger partial charge in [-0.3, -0.25) is 18.8 Å². The molecule has 4 aromatic carbocycles. The topological polar surface area (TPSA) is 61.9 Å². The molecule has 258 valence electrons. The SMILES string of the molecule is CCS(=O)c1ccc(Cl)cc1CNC(=O)c1cc(Cl)c(CN2CCOC3(C2)CN(C(c2ccccc2)c2ccccc2)C3)c(C(F)(F)F)c1. The molecule has 2 aliphatic rings. The van der Waals surface area contributed by atoms with Crippen molar-refractivity contribution in [3.8, 4) is 0 Å². The van der Waals surface area contributed by atoms with Gasteiger partial charge in [0.2, 0.25) is 0 Å². The van der Waals surface area contributed by atoms with Gasteiger partial charge in [-0.25, -0.2) is 0 Å². The maximum absolute atomic E-state index is 14.5. The Bertz CT molecular complexity index is 1780. The molecule has 2 fully saturated rings. The van der Waals surface area contributed by atoms with Gasteiger partial charge in [0.1, 0.15) is 5.60 Å². The molecule has 1 atom stereocenters. The van der Waals surface area contributed by atoms with E-state index in [0.29, 0.717) is 54.0 Å². The molecule has 0 radical (unpaired) electrons. The first-order valence-corrected chi connectivity index (χ1v) is 18.1. The van der Waals surface area contributed by atoms with Gasteiger partial charge in [0.05, 0.1) is 29.0 Å². The molecule has 4 aromatic rings. The van der Waals surface area contributed by atoms with E-state index in [1.165, 1.54) is 6.07 Å². The lowest BCUT2D eigenvalue weighted by molar-refractivity contribution is -0.192. The Morgan fingerprint density at radius 3 is 2.22 bits per heavy atom. The standard InChI is InChI=1S/C37H36Cl2F3N3O3S/c1-2-49(47)33-14-13-29(38)17-28(33)20-43-35(46)27-18-31(37(40,41)42)30(32(39)19-27)21-44-15-16-48-36(22-44)23-45(24-36)34(25-9-5-3-6-10-25)26-11-7-4-8-12-26/h3-14,17-19,34H,2,15-16,20-24H2,1H3,(H,43,46). The number of nitrogens with one attached hydrogen (secondary N) is 1. The minimum absolute atomic E-state index is 0.0243. The summed E-state index contributed by atoms with van der Waals surface area (Å²) in [5.41, 5.74) is 1.06. The lowest BCUT2D eigenvalue weighted by Gasteiger charge is -2.56. The van der Waals surface area contributed by atoms with E-state index in [9.17, 15) is 22.2 Å². The molecule has 1 unspecified atom stereocenters. The summed E-state index contributed by atoms with van der Waals surface area (Å²) < 4.78 is 62.3. The van der Waals surface area contributed by atoms with E-state index >= 15 is 0 Å². The van der Waals surface area contributed by atoms with Gasteiger partial charge in [-0.15, -0.1) is 0 Å². The summed E-state index contributed by atoms with van der Waals surface area (Å²) in [4.78, 5) is 17.9. The van der Waals surface area contributed by atoms with Crippen LogP contribution in [0.15, 0.2) is 95.9 Å². The summed E-state index contributed by atoms with van der Waals surface area (Å²) in [7, 11) is -1.32. The van der Waals surface area contributed by atoms with Crippen LogP contribution < -0.4 is 5.32 Å². The van der Waals surface area contributed by atoms with Gasteiger partial charge in [0, 0.05) is 65.5 Å². The van der Waals surface area contributed by atoms with Crippen molar-refractivity contribution >= 4 is 39.9 Å². The van der Waals surface area contributed by atoms with Crippen LogP contribution in [0.2, 0.25) is 10.0 Å². The Morgan fingerprint density at radius 1 is 0.959 bits per heavy atom. The zero-order valence-corrected chi connectivity index (χ0v) is 29.1. The molecule has 6 rings (SSSR count). The van der Waals surface area contributed by atoms with Crippen molar-refractivity contribution in [2.75, 3.05) is 38.5 Å². The average molecular weight is 731 g/mol. The number of hydrogen-bond acceptors (Lipinski definition) is 5. The highest BCUT2D eigenvalue weighted by atomic mass is 35.5. The Hall–Kier alpha value is -3.25. The highest BCUT2D eigenvalue weighted by Gasteiger charge is 2.50. The molecule has 2 heterocycles. The van der Waals surface area contributed by atoms with Crippen LogP contribution in [0.5, 0.6) is 0 Å². The molecular weight excluding hydrogens is 694 g/mol. The Labute approximate surface area is 296 Å². The number of nitrogens with zero attached hydrogens (tertiary/aromatic N) is 2. The predicted octanol–water partition coefficient (Wildman–Crippen LogP) is 7.75. The number of halogens is 5. The molecule has 0 aliphatic carbocycles. The molecule has 0 aromatic heterocycles. The van der Waals surface area contributed by atoms with Gasteiger partial charge in [-0.1, -0.05) is 90.8 Å². The predicted molar refractivity (Wildman–Crippen MR) is 186 cm³/mol. The normalized spacial score (nSPS) is 17.2. The number of rotatable bonds is 10. The first kappa shape index (κ1) is 35.6. The fourth-order valence-corrected chi connectivity index (χ4v) is 8.19. The molecule has 2 saturated heterocycles. The zero-order chi connectivity index (χ0) is 34.8. The van der Waals surface area contributed by atoms with Crippen molar-refractivity contribution in [2.45, 2.75) is 42.7 Å². The summed E-state index contributed by atoms with van der Waals surface area (Å²) in [6, 6.07) is 27.4. The first-order chi connectivity index (χ1) is 23.5. The number of ether oxygens (including phenoxy) is 1. The van der Waals surface area contributed by atoms with Crippen LogP contribution in [0.3, 0.4) is 0 Å². The van der Waals surface area contributed by atoms with Crippen LogP contribution in [-0.4, -0.2) is 64.1 Å². The lowest BCUT2D eigenvalue weighted by Crippen LogP contribution is -2.70. The molecule has 1 N–H and O–H groups in total. The third kappa shape index (κ3) is 8.06. The van der Waals surface area contributed by atoms with Gasteiger partial charge in [-0.05, 0) is 52.6 Å². The fraction of sp³-hybridized carbons (Fsp3) is 0.324. The molecule has 0 bridgehead atoms.